The van der Waals surface area contributed by atoms with E-state index in [4.69, 9.17) is 13.6 Å². The zero-order valence-corrected chi connectivity index (χ0v) is 19.6. The molecular formula is C29H22O7. The average Bonchev–Trinajstić information content (AvgIpc) is 3.32. The summed E-state index contributed by atoms with van der Waals surface area (Å²) < 4.78 is 16.8. The SMILES string of the molecule is Cc1ccc2oc(=O)c(C(c3ccc4c(c3)CCO4)c3c(O)c4cc(C)ccc4oc3=O)c(O)c2c1. The first-order valence-electron chi connectivity index (χ1n) is 11.6. The van der Waals surface area contributed by atoms with Gasteiger partial charge in [0.25, 0.3) is 0 Å². The van der Waals surface area contributed by atoms with Gasteiger partial charge in [-0.3, -0.25) is 0 Å². The molecule has 0 fully saturated rings. The van der Waals surface area contributed by atoms with Gasteiger partial charge in [0.05, 0.1) is 34.4 Å². The molecule has 7 nitrogen and oxygen atoms in total. The Morgan fingerprint density at radius 2 is 1.31 bits per heavy atom. The molecule has 2 N–H and O–H groups in total. The van der Waals surface area contributed by atoms with Crippen LogP contribution < -0.4 is 16.0 Å². The number of aromatic hydroxyl groups is 2. The Bertz CT molecular complexity index is 1700. The summed E-state index contributed by atoms with van der Waals surface area (Å²) in [7, 11) is 0. The molecule has 0 radical (unpaired) electrons. The number of benzene rings is 3. The summed E-state index contributed by atoms with van der Waals surface area (Å²) in [6, 6.07) is 15.5. The zero-order valence-electron chi connectivity index (χ0n) is 19.6. The predicted molar refractivity (Wildman–Crippen MR) is 134 cm³/mol. The molecule has 0 spiro atoms. The van der Waals surface area contributed by atoms with Gasteiger partial charge in [-0.2, -0.15) is 0 Å². The van der Waals surface area contributed by atoms with Crippen molar-refractivity contribution < 1.29 is 23.8 Å². The lowest BCUT2D eigenvalue weighted by Gasteiger charge is -2.20. The minimum atomic E-state index is -1.15. The highest BCUT2D eigenvalue weighted by molar-refractivity contribution is 5.87. The third kappa shape index (κ3) is 3.35. The zero-order chi connectivity index (χ0) is 25.1. The summed E-state index contributed by atoms with van der Waals surface area (Å²) in [6.45, 7) is 4.23. The van der Waals surface area contributed by atoms with Crippen molar-refractivity contribution in [1.82, 2.24) is 0 Å². The predicted octanol–water partition coefficient (Wildman–Crippen LogP) is 5.04. The maximum Gasteiger partial charge on any atom is 0.344 e. The third-order valence-electron chi connectivity index (χ3n) is 6.76. The van der Waals surface area contributed by atoms with Crippen molar-refractivity contribution in [3.63, 3.8) is 0 Å². The summed E-state index contributed by atoms with van der Waals surface area (Å²) in [5.41, 5.74) is 1.64. The van der Waals surface area contributed by atoms with Crippen molar-refractivity contribution in [3.05, 3.63) is 109 Å². The number of ether oxygens (including phenoxy) is 1. The van der Waals surface area contributed by atoms with Gasteiger partial charge in [0.1, 0.15) is 28.4 Å². The highest BCUT2D eigenvalue weighted by Gasteiger charge is 2.33. The summed E-state index contributed by atoms with van der Waals surface area (Å²) in [5.74, 6) is -1.06. The van der Waals surface area contributed by atoms with Gasteiger partial charge in [-0.25, -0.2) is 9.59 Å². The van der Waals surface area contributed by atoms with Gasteiger partial charge in [0.15, 0.2) is 0 Å². The fourth-order valence-electron chi connectivity index (χ4n) is 5.00. The molecule has 0 bridgehead atoms. The van der Waals surface area contributed by atoms with Crippen molar-refractivity contribution in [2.24, 2.45) is 0 Å². The number of hydrogen-bond donors (Lipinski definition) is 2. The van der Waals surface area contributed by atoms with Crippen LogP contribution in [0.5, 0.6) is 17.2 Å². The van der Waals surface area contributed by atoms with E-state index in [0.717, 1.165) is 16.7 Å². The van der Waals surface area contributed by atoms with Gasteiger partial charge in [-0.15, -0.1) is 0 Å². The monoisotopic (exact) mass is 482 g/mol. The van der Waals surface area contributed by atoms with E-state index >= 15 is 0 Å². The molecule has 180 valence electrons. The van der Waals surface area contributed by atoms with Crippen molar-refractivity contribution in [2.75, 3.05) is 6.61 Å². The average molecular weight is 482 g/mol. The molecular weight excluding hydrogens is 460 g/mol. The number of rotatable bonds is 3. The molecule has 3 heterocycles. The van der Waals surface area contributed by atoms with Crippen LogP contribution in [0.4, 0.5) is 0 Å². The van der Waals surface area contributed by atoms with Gasteiger partial charge in [-0.05, 0) is 55.3 Å². The minimum absolute atomic E-state index is 0.151. The molecule has 7 heteroatoms. The second-order valence-electron chi connectivity index (χ2n) is 9.20. The molecule has 6 rings (SSSR count). The van der Waals surface area contributed by atoms with Crippen LogP contribution in [-0.2, 0) is 6.42 Å². The first-order chi connectivity index (χ1) is 17.3. The van der Waals surface area contributed by atoms with Gasteiger partial charge in [0, 0.05) is 6.42 Å². The molecule has 0 unspecified atom stereocenters. The normalized spacial score (nSPS) is 12.9. The number of aryl methyl sites for hydroxylation is 2. The van der Waals surface area contributed by atoms with E-state index in [1.807, 2.05) is 19.9 Å². The highest BCUT2D eigenvalue weighted by Crippen LogP contribution is 2.43. The maximum absolute atomic E-state index is 13.3. The van der Waals surface area contributed by atoms with E-state index in [1.165, 1.54) is 0 Å². The summed E-state index contributed by atoms with van der Waals surface area (Å²) in [6.07, 6.45) is 0.658. The number of fused-ring (bicyclic) bond motifs is 3. The largest absolute Gasteiger partial charge is 0.507 e. The standard InChI is InChI=1S/C29H22O7/c1-14-3-6-21-18(11-14)26(30)24(28(32)35-21)23(17-5-8-20-16(13-17)9-10-34-20)25-27(31)19-12-15(2)4-7-22(19)36-29(25)33/h3-8,11-13,23,30-31H,9-10H2,1-2H3. The van der Waals surface area contributed by atoms with Crippen LogP contribution in [-0.4, -0.2) is 16.8 Å². The van der Waals surface area contributed by atoms with Crippen LogP contribution in [0.1, 0.15) is 39.3 Å². The number of hydrogen-bond acceptors (Lipinski definition) is 7. The van der Waals surface area contributed by atoms with E-state index < -0.39 is 17.2 Å². The topological polar surface area (TPSA) is 110 Å². The van der Waals surface area contributed by atoms with Gasteiger partial charge >= 0.3 is 11.3 Å². The van der Waals surface area contributed by atoms with Crippen molar-refractivity contribution >= 4 is 21.9 Å². The Balaban J connectivity index is 1.72. The molecule has 1 aliphatic rings. The van der Waals surface area contributed by atoms with Crippen LogP contribution in [0.25, 0.3) is 21.9 Å². The van der Waals surface area contributed by atoms with Gasteiger partial charge in [-0.1, -0.05) is 35.4 Å². The van der Waals surface area contributed by atoms with E-state index in [-0.39, 0.29) is 33.8 Å². The van der Waals surface area contributed by atoms with Crippen molar-refractivity contribution in [2.45, 2.75) is 26.2 Å². The molecule has 36 heavy (non-hydrogen) atoms. The van der Waals surface area contributed by atoms with Crippen LogP contribution in [0.3, 0.4) is 0 Å². The Morgan fingerprint density at radius 3 is 1.86 bits per heavy atom. The van der Waals surface area contributed by atoms with Crippen LogP contribution >= 0.6 is 0 Å². The van der Waals surface area contributed by atoms with E-state index in [2.05, 4.69) is 0 Å². The Kier molecular flexibility index (Phi) is 4.89. The fraction of sp³-hybridized carbons (Fsp3) is 0.172. The molecule has 1 aliphatic heterocycles. The van der Waals surface area contributed by atoms with E-state index in [1.54, 1.807) is 48.5 Å². The summed E-state index contributed by atoms with van der Waals surface area (Å²) in [5, 5.41) is 23.4. The van der Waals surface area contributed by atoms with Crippen LogP contribution in [0, 0.1) is 13.8 Å². The molecule has 3 aromatic carbocycles. The lowest BCUT2D eigenvalue weighted by Crippen LogP contribution is -2.21. The Labute approximate surface area is 204 Å². The second-order valence-corrected chi connectivity index (χ2v) is 9.20. The molecule has 0 saturated heterocycles. The lowest BCUT2D eigenvalue weighted by atomic mass is 9.83. The third-order valence-corrected chi connectivity index (χ3v) is 6.76. The minimum Gasteiger partial charge on any atom is -0.507 e. The molecule has 5 aromatic rings. The second kappa shape index (κ2) is 8.02. The molecule has 2 aromatic heterocycles. The first-order valence-corrected chi connectivity index (χ1v) is 11.6. The van der Waals surface area contributed by atoms with Gasteiger partial charge < -0.3 is 23.8 Å². The van der Waals surface area contributed by atoms with Crippen LogP contribution in [0.2, 0.25) is 0 Å². The maximum atomic E-state index is 13.3. The lowest BCUT2D eigenvalue weighted by molar-refractivity contribution is 0.357. The van der Waals surface area contributed by atoms with Crippen molar-refractivity contribution in [3.8, 4) is 17.2 Å². The Morgan fingerprint density at radius 1 is 0.750 bits per heavy atom. The molecule has 0 atom stereocenters. The smallest absolute Gasteiger partial charge is 0.344 e. The summed E-state index contributed by atoms with van der Waals surface area (Å²) >= 11 is 0. The fourth-order valence-corrected chi connectivity index (χ4v) is 5.00. The van der Waals surface area contributed by atoms with E-state index in [9.17, 15) is 19.8 Å². The van der Waals surface area contributed by atoms with Crippen molar-refractivity contribution in [1.29, 1.82) is 0 Å². The van der Waals surface area contributed by atoms with E-state index in [0.29, 0.717) is 35.1 Å². The first kappa shape index (κ1) is 22.0. The summed E-state index contributed by atoms with van der Waals surface area (Å²) in [4.78, 5) is 26.7. The molecule has 0 saturated carbocycles. The van der Waals surface area contributed by atoms with Crippen LogP contribution in [0.15, 0.2) is 73.0 Å². The highest BCUT2D eigenvalue weighted by atomic mass is 16.5. The molecule has 0 amide bonds. The quantitative estimate of drug-likeness (QED) is 0.347. The van der Waals surface area contributed by atoms with Gasteiger partial charge in [0.2, 0.25) is 0 Å². The molecule has 0 aliphatic carbocycles. The Hall–Kier alpha value is -4.52.